The number of anilines is 3. The third-order valence-electron chi connectivity index (χ3n) is 8.17. The van der Waals surface area contributed by atoms with Gasteiger partial charge in [-0.1, -0.05) is 29.8 Å². The predicted octanol–water partition coefficient (Wildman–Crippen LogP) is 6.41. The van der Waals surface area contributed by atoms with Gasteiger partial charge in [-0.3, -0.25) is 14.4 Å². The van der Waals surface area contributed by atoms with Crippen molar-refractivity contribution in [2.24, 2.45) is 5.92 Å². The van der Waals surface area contributed by atoms with Gasteiger partial charge in [0.2, 0.25) is 0 Å². The highest BCUT2D eigenvalue weighted by molar-refractivity contribution is 9.10. The summed E-state index contributed by atoms with van der Waals surface area (Å²) in [5.41, 5.74) is 3.53. The number of carbonyl (C=O) groups excluding carboxylic acids is 2. The Balaban J connectivity index is 1.34. The van der Waals surface area contributed by atoms with Gasteiger partial charge in [0.1, 0.15) is 11.5 Å². The molecule has 2 aliphatic rings. The zero-order valence-corrected chi connectivity index (χ0v) is 26.4. The number of hydrogen-bond acceptors (Lipinski definition) is 6. The molecule has 44 heavy (non-hydrogen) atoms. The van der Waals surface area contributed by atoms with Crippen molar-refractivity contribution in [3.63, 3.8) is 0 Å². The van der Waals surface area contributed by atoms with Crippen LogP contribution in [0.3, 0.4) is 0 Å². The zero-order valence-electron chi connectivity index (χ0n) is 24.1. The second-order valence-electron chi connectivity index (χ2n) is 10.9. The Morgan fingerprint density at radius 3 is 2.41 bits per heavy atom. The van der Waals surface area contributed by atoms with Crippen molar-refractivity contribution >= 4 is 56.4 Å². The number of ether oxygens (including phenoxy) is 2. The molecule has 0 radical (unpaired) electrons. The molecule has 2 aliphatic heterocycles. The lowest BCUT2D eigenvalue weighted by Crippen LogP contribution is -2.47. The van der Waals surface area contributed by atoms with Gasteiger partial charge in [0.25, 0.3) is 17.4 Å². The maximum Gasteiger partial charge on any atom is 0.256 e. The number of fused-ring (bicyclic) bond motifs is 4. The monoisotopic (exact) mass is 676 g/mol. The average molecular weight is 678 g/mol. The minimum atomic E-state index is -0.406. The Morgan fingerprint density at radius 2 is 1.64 bits per heavy atom. The number of amides is 2. The Bertz CT molecular complexity index is 1830. The highest BCUT2D eigenvalue weighted by Crippen LogP contribution is 2.40. The molecule has 3 heterocycles. The number of benzene rings is 3. The molecule has 0 unspecified atom stereocenters. The first kappa shape index (κ1) is 29.8. The number of nitrogens with one attached hydrogen (secondary N) is 2. The Labute approximate surface area is 267 Å². The van der Waals surface area contributed by atoms with Gasteiger partial charge in [-0.25, -0.2) is 0 Å². The topological polar surface area (TPSA) is 102 Å². The van der Waals surface area contributed by atoms with Crippen molar-refractivity contribution in [3.8, 4) is 11.5 Å². The van der Waals surface area contributed by atoms with E-state index in [0.29, 0.717) is 63.1 Å². The predicted molar refractivity (Wildman–Crippen MR) is 175 cm³/mol. The van der Waals surface area contributed by atoms with E-state index in [1.54, 1.807) is 48.5 Å². The minimum absolute atomic E-state index is 0.0252. The molecule has 1 saturated heterocycles. The van der Waals surface area contributed by atoms with Gasteiger partial charge in [0.05, 0.1) is 41.9 Å². The summed E-state index contributed by atoms with van der Waals surface area (Å²) in [6.45, 7) is 2.03. The number of hydrogen-bond donors (Lipinski definition) is 2. The van der Waals surface area contributed by atoms with Gasteiger partial charge in [0.15, 0.2) is 0 Å². The first-order valence-electron chi connectivity index (χ1n) is 14.1. The van der Waals surface area contributed by atoms with Crippen LogP contribution in [0.1, 0.15) is 38.7 Å². The molecule has 1 fully saturated rings. The molecule has 2 atom stereocenters. The van der Waals surface area contributed by atoms with Gasteiger partial charge in [-0.2, -0.15) is 0 Å². The highest BCUT2D eigenvalue weighted by atomic mass is 79.9. The summed E-state index contributed by atoms with van der Waals surface area (Å²) >= 11 is 9.79. The number of nitrogens with zero attached hydrogens (tertiary/aromatic N) is 2. The quantitative estimate of drug-likeness (QED) is 0.235. The summed E-state index contributed by atoms with van der Waals surface area (Å²) < 4.78 is 13.2. The molecule has 0 saturated carbocycles. The van der Waals surface area contributed by atoms with E-state index in [2.05, 4.69) is 31.5 Å². The van der Waals surface area contributed by atoms with E-state index in [1.807, 2.05) is 28.8 Å². The molecule has 3 aromatic carbocycles. The van der Waals surface area contributed by atoms with Crippen molar-refractivity contribution in [1.82, 2.24) is 4.57 Å². The maximum atomic E-state index is 13.5. The van der Waals surface area contributed by atoms with Crippen LogP contribution in [0.5, 0.6) is 11.5 Å². The fourth-order valence-corrected chi connectivity index (χ4v) is 6.84. The molecule has 6 rings (SSSR count). The van der Waals surface area contributed by atoms with Gasteiger partial charge in [0, 0.05) is 53.4 Å². The van der Waals surface area contributed by atoms with Crippen LogP contribution >= 0.6 is 27.5 Å². The zero-order chi connectivity index (χ0) is 31.0. The van der Waals surface area contributed by atoms with Crippen LogP contribution in [0.15, 0.2) is 82.1 Å². The first-order chi connectivity index (χ1) is 21.2. The second-order valence-corrected chi connectivity index (χ2v) is 12.2. The van der Waals surface area contributed by atoms with Gasteiger partial charge in [-0.15, -0.1) is 0 Å². The van der Waals surface area contributed by atoms with Gasteiger partial charge < -0.3 is 29.6 Å². The van der Waals surface area contributed by atoms with Gasteiger partial charge in [-0.05, 0) is 70.7 Å². The van der Waals surface area contributed by atoms with Crippen LogP contribution in [0.2, 0.25) is 5.02 Å². The van der Waals surface area contributed by atoms with Crippen LogP contribution in [0.25, 0.3) is 0 Å². The SMILES string of the molecule is COc1cc(OC)c(NC(=O)c2ccc(N3C[C@H]4C[C@@H](C3)c3cccc(=O)n3C4)c(NC(=O)c3ccccc3Br)c2)cc1Cl. The molecule has 2 bridgehead atoms. The molecule has 11 heteroatoms. The molecule has 2 amide bonds. The standard InChI is InChI=1S/C33H30BrClN4O5/c1-43-29-15-30(44-2)26(14-24(29)35)37-32(41)20-10-11-28(25(13-20)36-33(42)22-6-3-4-7-23(22)34)38-16-19-12-21(18-38)27-8-5-9-31(40)39(27)17-19/h3-11,13-15,19,21H,12,16-18H2,1-2H3,(H,36,42)(H,37,41)/t19-,21+/m1/s1. The number of carbonyl (C=O) groups is 2. The van der Waals surface area contributed by atoms with Crippen LogP contribution < -0.4 is 30.6 Å². The first-order valence-corrected chi connectivity index (χ1v) is 15.3. The Morgan fingerprint density at radius 1 is 0.864 bits per heavy atom. The molecule has 1 aromatic heterocycles. The van der Waals surface area contributed by atoms with Crippen molar-refractivity contribution in [3.05, 3.63) is 109 Å². The maximum absolute atomic E-state index is 13.5. The summed E-state index contributed by atoms with van der Waals surface area (Å²) in [5, 5.41) is 6.24. The van der Waals surface area contributed by atoms with Crippen molar-refractivity contribution in [1.29, 1.82) is 0 Å². The minimum Gasteiger partial charge on any atom is -0.495 e. The number of methoxy groups -OCH3 is 2. The number of pyridine rings is 1. The number of aromatic nitrogens is 1. The summed E-state index contributed by atoms with van der Waals surface area (Å²) in [5.74, 6) is 0.520. The van der Waals surface area contributed by atoms with Crippen LogP contribution in [-0.2, 0) is 6.54 Å². The third kappa shape index (κ3) is 5.79. The molecular formula is C33H30BrClN4O5. The summed E-state index contributed by atoms with van der Waals surface area (Å²) in [4.78, 5) is 41.8. The summed E-state index contributed by atoms with van der Waals surface area (Å²) in [6.07, 6.45) is 0.991. The summed E-state index contributed by atoms with van der Waals surface area (Å²) in [7, 11) is 2.99. The number of rotatable bonds is 7. The molecule has 4 aromatic rings. The van der Waals surface area contributed by atoms with E-state index in [9.17, 15) is 14.4 Å². The van der Waals surface area contributed by atoms with Gasteiger partial charge >= 0.3 is 0 Å². The molecule has 0 aliphatic carbocycles. The number of halogens is 2. The smallest absolute Gasteiger partial charge is 0.256 e. The second kappa shape index (κ2) is 12.4. The lowest BCUT2D eigenvalue weighted by molar-refractivity contribution is 0.101. The van der Waals surface area contributed by atoms with Crippen LogP contribution in [0.4, 0.5) is 17.1 Å². The Hall–Kier alpha value is -4.28. The fourth-order valence-electron chi connectivity index (χ4n) is 6.13. The lowest BCUT2D eigenvalue weighted by Gasteiger charge is -2.44. The van der Waals surface area contributed by atoms with E-state index in [1.165, 1.54) is 14.2 Å². The average Bonchev–Trinajstić information content (AvgIpc) is 3.02. The van der Waals surface area contributed by atoms with Crippen molar-refractivity contribution in [2.75, 3.05) is 42.8 Å². The highest BCUT2D eigenvalue weighted by Gasteiger charge is 2.35. The van der Waals surface area contributed by atoms with E-state index in [4.69, 9.17) is 21.1 Å². The van der Waals surface area contributed by atoms with Crippen molar-refractivity contribution < 1.29 is 19.1 Å². The van der Waals surface area contributed by atoms with Crippen LogP contribution in [-0.4, -0.2) is 43.7 Å². The van der Waals surface area contributed by atoms with E-state index >= 15 is 0 Å². The molecule has 2 N–H and O–H groups in total. The largest absolute Gasteiger partial charge is 0.495 e. The molecule has 9 nitrogen and oxygen atoms in total. The Kier molecular flexibility index (Phi) is 8.38. The van der Waals surface area contributed by atoms with E-state index in [-0.39, 0.29) is 23.3 Å². The number of piperidine rings is 1. The molecule has 0 spiro atoms. The third-order valence-corrected chi connectivity index (χ3v) is 9.15. The van der Waals surface area contributed by atoms with E-state index in [0.717, 1.165) is 17.8 Å². The fraction of sp³-hybridized carbons (Fsp3) is 0.242. The van der Waals surface area contributed by atoms with E-state index < -0.39 is 5.91 Å². The van der Waals surface area contributed by atoms with Crippen molar-refractivity contribution in [2.45, 2.75) is 18.9 Å². The van der Waals surface area contributed by atoms with Crippen LogP contribution in [0, 0.1) is 5.92 Å². The lowest BCUT2D eigenvalue weighted by atomic mass is 9.83. The molecule has 226 valence electrons. The molecular weight excluding hydrogens is 648 g/mol. The summed E-state index contributed by atoms with van der Waals surface area (Å²) in [6, 6.07) is 21.1. The normalized spacial score (nSPS) is 17.0.